The van der Waals surface area contributed by atoms with Crippen LogP contribution in [0.4, 0.5) is 5.13 Å². The van der Waals surface area contributed by atoms with Gasteiger partial charge in [0.25, 0.3) is 0 Å². The normalized spacial score (nSPS) is 12.2. The Kier molecular flexibility index (Phi) is 5.97. The van der Waals surface area contributed by atoms with Crippen molar-refractivity contribution in [1.29, 1.82) is 0 Å². The first-order chi connectivity index (χ1) is 12.7. The van der Waals surface area contributed by atoms with E-state index >= 15 is 0 Å². The summed E-state index contributed by atoms with van der Waals surface area (Å²) in [6.45, 7) is 4.43. The van der Waals surface area contributed by atoms with Crippen LogP contribution in [0.15, 0.2) is 66.1 Å². The molecule has 1 heterocycles. The Morgan fingerprint density at radius 2 is 1.88 bits per heavy atom. The molecule has 1 N–H and O–H groups in total. The highest BCUT2D eigenvalue weighted by Gasteiger charge is 2.08. The van der Waals surface area contributed by atoms with Gasteiger partial charge in [0.1, 0.15) is 0 Å². The van der Waals surface area contributed by atoms with Crippen LogP contribution in [0.2, 0.25) is 0 Å². The molecule has 4 heteroatoms. The maximum Gasteiger partial charge on any atom is 0.250 e. The fourth-order valence-electron chi connectivity index (χ4n) is 2.56. The first-order valence-electron chi connectivity index (χ1n) is 8.75. The molecule has 3 nitrogen and oxygen atoms in total. The molecular formula is C22H22N2OS. The fraction of sp³-hybridized carbons (Fsp3) is 0.182. The Balaban J connectivity index is 1.64. The Bertz CT molecular complexity index is 882. The summed E-state index contributed by atoms with van der Waals surface area (Å²) in [5.74, 6) is 0.382. The number of carbonyl (C=O) groups is 1. The van der Waals surface area contributed by atoms with Gasteiger partial charge in [-0.15, -0.1) is 11.3 Å². The van der Waals surface area contributed by atoms with Crippen LogP contribution in [-0.4, -0.2) is 10.9 Å². The summed E-state index contributed by atoms with van der Waals surface area (Å²) in [5.41, 5.74) is 4.27. The number of anilines is 1. The number of hydrogen-bond acceptors (Lipinski definition) is 3. The van der Waals surface area contributed by atoms with Gasteiger partial charge in [0.2, 0.25) is 5.91 Å². The van der Waals surface area contributed by atoms with Crippen molar-refractivity contribution in [2.75, 3.05) is 5.32 Å². The molecule has 0 bridgehead atoms. The van der Waals surface area contributed by atoms with Crippen LogP contribution in [0.1, 0.15) is 37.3 Å². The van der Waals surface area contributed by atoms with E-state index in [1.165, 1.54) is 23.0 Å². The van der Waals surface area contributed by atoms with E-state index in [0.717, 1.165) is 23.2 Å². The van der Waals surface area contributed by atoms with Crippen molar-refractivity contribution in [3.05, 3.63) is 77.2 Å². The van der Waals surface area contributed by atoms with E-state index in [0.29, 0.717) is 11.0 Å². The molecule has 26 heavy (non-hydrogen) atoms. The highest BCUT2D eigenvalue weighted by atomic mass is 32.1. The molecule has 0 aliphatic heterocycles. The highest BCUT2D eigenvalue weighted by Crippen LogP contribution is 2.27. The van der Waals surface area contributed by atoms with Gasteiger partial charge in [-0.25, -0.2) is 4.98 Å². The van der Waals surface area contributed by atoms with Crippen molar-refractivity contribution in [2.24, 2.45) is 0 Å². The van der Waals surface area contributed by atoms with E-state index in [9.17, 15) is 4.79 Å². The summed E-state index contributed by atoms with van der Waals surface area (Å²) in [5, 5.41) is 5.40. The zero-order chi connectivity index (χ0) is 18.4. The van der Waals surface area contributed by atoms with E-state index in [4.69, 9.17) is 0 Å². The number of nitrogens with zero attached hydrogens (tertiary/aromatic N) is 1. The minimum absolute atomic E-state index is 0.179. The van der Waals surface area contributed by atoms with Gasteiger partial charge >= 0.3 is 0 Å². The molecule has 0 fully saturated rings. The highest BCUT2D eigenvalue weighted by molar-refractivity contribution is 7.14. The number of aromatic nitrogens is 1. The number of benzene rings is 2. The molecule has 0 saturated heterocycles. The second kappa shape index (κ2) is 8.59. The summed E-state index contributed by atoms with van der Waals surface area (Å²) >= 11 is 1.43. The van der Waals surface area contributed by atoms with Gasteiger partial charge < -0.3 is 0 Å². The van der Waals surface area contributed by atoms with E-state index < -0.39 is 0 Å². The van der Waals surface area contributed by atoms with E-state index in [1.807, 2.05) is 35.7 Å². The predicted octanol–water partition coefficient (Wildman–Crippen LogP) is 5.98. The van der Waals surface area contributed by atoms with E-state index in [-0.39, 0.29) is 5.91 Å². The molecular weight excluding hydrogens is 340 g/mol. The first-order valence-corrected chi connectivity index (χ1v) is 9.63. The molecule has 0 saturated carbocycles. The first kappa shape index (κ1) is 18.1. The Labute approximate surface area is 158 Å². The zero-order valence-corrected chi connectivity index (χ0v) is 15.8. The summed E-state index contributed by atoms with van der Waals surface area (Å²) < 4.78 is 0. The van der Waals surface area contributed by atoms with Crippen LogP contribution in [-0.2, 0) is 4.79 Å². The molecule has 3 aromatic rings. The van der Waals surface area contributed by atoms with Gasteiger partial charge in [0, 0.05) is 17.0 Å². The van der Waals surface area contributed by atoms with E-state index in [2.05, 4.69) is 48.4 Å². The standard InChI is InChI=1S/C22H22N2OS/c1-3-16(2)18-10-12-19(13-11-18)20-15-26-22(23-20)24-21(25)14-9-17-7-5-4-6-8-17/h4-16H,3H2,1-2H3,(H,23,24,25). The quantitative estimate of drug-likeness (QED) is 0.548. The molecule has 0 radical (unpaired) electrons. The average Bonchev–Trinajstić information content (AvgIpc) is 3.15. The van der Waals surface area contributed by atoms with Gasteiger partial charge in [-0.3, -0.25) is 10.1 Å². The number of nitrogens with one attached hydrogen (secondary N) is 1. The van der Waals surface area contributed by atoms with E-state index in [1.54, 1.807) is 6.08 Å². The monoisotopic (exact) mass is 362 g/mol. The molecule has 2 aromatic carbocycles. The van der Waals surface area contributed by atoms with Gasteiger partial charge in [0.05, 0.1) is 5.69 Å². The summed E-state index contributed by atoms with van der Waals surface area (Å²) in [6, 6.07) is 18.2. The van der Waals surface area contributed by atoms with Crippen molar-refractivity contribution in [2.45, 2.75) is 26.2 Å². The minimum atomic E-state index is -0.179. The minimum Gasteiger partial charge on any atom is -0.298 e. The second-order valence-electron chi connectivity index (χ2n) is 6.20. The molecule has 1 amide bonds. The lowest BCUT2D eigenvalue weighted by atomic mass is 9.97. The smallest absolute Gasteiger partial charge is 0.250 e. The van der Waals surface area contributed by atoms with Crippen molar-refractivity contribution in [3.63, 3.8) is 0 Å². The van der Waals surface area contributed by atoms with Crippen LogP contribution in [0, 0.1) is 0 Å². The molecule has 1 unspecified atom stereocenters. The largest absolute Gasteiger partial charge is 0.298 e. The van der Waals surface area contributed by atoms with Crippen molar-refractivity contribution >= 4 is 28.5 Å². The topological polar surface area (TPSA) is 42.0 Å². The third kappa shape index (κ3) is 4.67. The molecule has 0 aliphatic rings. The van der Waals surface area contributed by atoms with Gasteiger partial charge in [-0.1, -0.05) is 68.4 Å². The second-order valence-corrected chi connectivity index (χ2v) is 7.06. The van der Waals surface area contributed by atoms with Crippen LogP contribution < -0.4 is 5.32 Å². The van der Waals surface area contributed by atoms with Crippen LogP contribution in [0.5, 0.6) is 0 Å². The molecule has 132 valence electrons. The Morgan fingerprint density at radius 1 is 1.15 bits per heavy atom. The van der Waals surface area contributed by atoms with Crippen molar-refractivity contribution in [1.82, 2.24) is 4.98 Å². The SMILES string of the molecule is CCC(C)c1ccc(-c2csc(NC(=O)C=Cc3ccccc3)n2)cc1. The lowest BCUT2D eigenvalue weighted by molar-refractivity contribution is -0.111. The Hall–Kier alpha value is -2.72. The Morgan fingerprint density at radius 3 is 2.58 bits per heavy atom. The number of rotatable bonds is 6. The average molecular weight is 362 g/mol. The summed E-state index contributed by atoms with van der Waals surface area (Å²) in [7, 11) is 0. The third-order valence-electron chi connectivity index (χ3n) is 4.35. The maximum atomic E-state index is 12.1. The number of hydrogen-bond donors (Lipinski definition) is 1. The van der Waals surface area contributed by atoms with Gasteiger partial charge in [0.15, 0.2) is 5.13 Å². The molecule has 0 spiro atoms. The molecule has 0 aliphatic carbocycles. The molecule has 1 aromatic heterocycles. The summed E-state index contributed by atoms with van der Waals surface area (Å²) in [4.78, 5) is 16.6. The number of amides is 1. The fourth-order valence-corrected chi connectivity index (χ4v) is 3.29. The van der Waals surface area contributed by atoms with Crippen LogP contribution in [0.3, 0.4) is 0 Å². The van der Waals surface area contributed by atoms with Crippen LogP contribution in [0.25, 0.3) is 17.3 Å². The van der Waals surface area contributed by atoms with Gasteiger partial charge in [-0.05, 0) is 29.5 Å². The van der Waals surface area contributed by atoms with Crippen LogP contribution >= 0.6 is 11.3 Å². The molecule has 1 atom stereocenters. The number of thiazole rings is 1. The third-order valence-corrected chi connectivity index (χ3v) is 5.11. The summed E-state index contributed by atoms with van der Waals surface area (Å²) in [6.07, 6.45) is 4.44. The number of carbonyl (C=O) groups excluding carboxylic acids is 1. The molecule has 3 rings (SSSR count). The van der Waals surface area contributed by atoms with Crippen molar-refractivity contribution in [3.8, 4) is 11.3 Å². The lowest BCUT2D eigenvalue weighted by Gasteiger charge is -2.08. The maximum absolute atomic E-state index is 12.1. The lowest BCUT2D eigenvalue weighted by Crippen LogP contribution is -2.07. The van der Waals surface area contributed by atoms with Crippen molar-refractivity contribution < 1.29 is 4.79 Å². The zero-order valence-electron chi connectivity index (χ0n) is 15.0. The van der Waals surface area contributed by atoms with Gasteiger partial charge in [-0.2, -0.15) is 0 Å². The predicted molar refractivity (Wildman–Crippen MR) is 110 cm³/mol.